The van der Waals surface area contributed by atoms with E-state index < -0.39 is 4.92 Å². The highest BCUT2D eigenvalue weighted by molar-refractivity contribution is 5.82. The molecule has 0 unspecified atom stereocenters. The highest BCUT2D eigenvalue weighted by atomic mass is 16.6. The first kappa shape index (κ1) is 12.5. The van der Waals surface area contributed by atoms with Gasteiger partial charge in [0.1, 0.15) is 0 Å². The second-order valence-corrected chi connectivity index (χ2v) is 3.80. The van der Waals surface area contributed by atoms with Crippen LogP contribution in [-0.4, -0.2) is 11.1 Å². The topological polar surface area (TPSA) is 55.5 Å². The van der Waals surface area contributed by atoms with Gasteiger partial charge >= 0.3 is 0 Å². The maximum Gasteiger partial charge on any atom is 0.269 e. The first-order chi connectivity index (χ1) is 9.19. The Morgan fingerprint density at radius 2 is 1.74 bits per heavy atom. The lowest BCUT2D eigenvalue weighted by Gasteiger charge is -1.95. The first-order valence-electron chi connectivity index (χ1n) is 5.54. The molecule has 0 bridgehead atoms. The summed E-state index contributed by atoms with van der Waals surface area (Å²) in [7, 11) is 0. The fourth-order valence-corrected chi connectivity index (χ4v) is 1.47. The molecule has 19 heavy (non-hydrogen) atoms. The minimum absolute atomic E-state index is 0.0653. The molecule has 0 atom stereocenters. The van der Waals surface area contributed by atoms with Crippen molar-refractivity contribution in [1.29, 1.82) is 0 Å². The fourth-order valence-electron chi connectivity index (χ4n) is 1.47. The van der Waals surface area contributed by atoms with Gasteiger partial charge in [-0.1, -0.05) is 5.92 Å². The van der Waals surface area contributed by atoms with E-state index in [4.69, 9.17) is 6.42 Å². The first-order valence-corrected chi connectivity index (χ1v) is 5.54. The molecule has 0 aromatic heterocycles. The number of aliphatic imine (C=N–C) groups is 1. The molecule has 0 aliphatic heterocycles. The van der Waals surface area contributed by atoms with Crippen molar-refractivity contribution in [2.24, 2.45) is 4.99 Å². The summed E-state index contributed by atoms with van der Waals surface area (Å²) in [5.41, 5.74) is 2.44. The van der Waals surface area contributed by atoms with Gasteiger partial charge in [-0.05, 0) is 42.0 Å². The molecule has 2 aromatic carbocycles. The van der Waals surface area contributed by atoms with Gasteiger partial charge in [0.2, 0.25) is 0 Å². The molecular weight excluding hydrogens is 240 g/mol. The van der Waals surface area contributed by atoms with E-state index in [1.54, 1.807) is 18.3 Å². The molecule has 0 heterocycles. The zero-order valence-electron chi connectivity index (χ0n) is 9.98. The fraction of sp³-hybridized carbons (Fsp3) is 0. The van der Waals surface area contributed by atoms with E-state index in [1.807, 2.05) is 24.3 Å². The SMILES string of the molecule is C#Cc1ccc(N=Cc2ccc([N+](=O)[O-])cc2)cc1. The minimum Gasteiger partial charge on any atom is -0.258 e. The molecule has 4 heteroatoms. The third-order valence-corrected chi connectivity index (χ3v) is 2.50. The molecule has 0 saturated carbocycles. The lowest BCUT2D eigenvalue weighted by atomic mass is 10.2. The van der Waals surface area contributed by atoms with Crippen molar-refractivity contribution in [3.8, 4) is 12.3 Å². The van der Waals surface area contributed by atoms with Crippen LogP contribution in [0.5, 0.6) is 0 Å². The standard InChI is InChI=1S/C15H10N2O2/c1-2-12-3-7-14(8-4-12)16-11-13-5-9-15(10-6-13)17(18)19/h1,3-11H. The Bertz CT molecular complexity index is 650. The molecule has 0 radical (unpaired) electrons. The third kappa shape index (κ3) is 3.27. The Kier molecular flexibility index (Phi) is 3.70. The van der Waals surface area contributed by atoms with Crippen molar-refractivity contribution >= 4 is 17.6 Å². The summed E-state index contributed by atoms with van der Waals surface area (Å²) in [5.74, 6) is 2.53. The van der Waals surface area contributed by atoms with Crippen LogP contribution in [0.2, 0.25) is 0 Å². The highest BCUT2D eigenvalue weighted by Gasteiger charge is 2.02. The van der Waals surface area contributed by atoms with Crippen molar-refractivity contribution in [3.63, 3.8) is 0 Å². The highest BCUT2D eigenvalue weighted by Crippen LogP contribution is 2.14. The van der Waals surface area contributed by atoms with Crippen LogP contribution >= 0.6 is 0 Å². The van der Waals surface area contributed by atoms with Crippen molar-refractivity contribution in [2.75, 3.05) is 0 Å². The number of hydrogen-bond donors (Lipinski definition) is 0. The summed E-state index contributed by atoms with van der Waals surface area (Å²) in [6.07, 6.45) is 6.91. The van der Waals surface area contributed by atoms with E-state index >= 15 is 0 Å². The Balaban J connectivity index is 2.13. The number of nitro benzene ring substituents is 1. The number of hydrogen-bond acceptors (Lipinski definition) is 3. The van der Waals surface area contributed by atoms with Crippen LogP contribution in [-0.2, 0) is 0 Å². The second-order valence-electron chi connectivity index (χ2n) is 3.80. The van der Waals surface area contributed by atoms with Gasteiger partial charge in [-0.15, -0.1) is 6.42 Å². The summed E-state index contributed by atoms with van der Waals surface area (Å²) in [4.78, 5) is 14.3. The minimum atomic E-state index is -0.431. The molecule has 2 aromatic rings. The molecule has 92 valence electrons. The third-order valence-electron chi connectivity index (χ3n) is 2.50. The van der Waals surface area contributed by atoms with Crippen molar-refractivity contribution < 1.29 is 4.92 Å². The van der Waals surface area contributed by atoms with E-state index in [1.165, 1.54) is 12.1 Å². The molecule has 2 rings (SSSR count). The molecule has 4 nitrogen and oxygen atoms in total. The van der Waals surface area contributed by atoms with Crippen LogP contribution in [0, 0.1) is 22.5 Å². The molecule has 0 fully saturated rings. The van der Waals surface area contributed by atoms with Crippen LogP contribution in [0.25, 0.3) is 0 Å². The number of nitro groups is 1. The van der Waals surface area contributed by atoms with Crippen LogP contribution in [0.15, 0.2) is 53.5 Å². The Labute approximate surface area is 110 Å². The summed E-state index contributed by atoms with van der Waals surface area (Å²) in [6.45, 7) is 0. The quantitative estimate of drug-likeness (QED) is 0.363. The maximum atomic E-state index is 10.5. The average Bonchev–Trinajstić information content (AvgIpc) is 2.46. The van der Waals surface area contributed by atoms with Crippen LogP contribution in [0.3, 0.4) is 0 Å². The number of rotatable bonds is 3. The summed E-state index contributed by atoms with van der Waals surface area (Å²) >= 11 is 0. The van der Waals surface area contributed by atoms with E-state index in [9.17, 15) is 10.1 Å². The Morgan fingerprint density at radius 3 is 2.26 bits per heavy atom. The van der Waals surface area contributed by atoms with Gasteiger partial charge in [0.25, 0.3) is 5.69 Å². The molecule has 0 aliphatic rings. The lowest BCUT2D eigenvalue weighted by molar-refractivity contribution is -0.384. The summed E-state index contributed by atoms with van der Waals surface area (Å²) < 4.78 is 0. The number of non-ortho nitro benzene ring substituents is 1. The van der Waals surface area contributed by atoms with E-state index in [2.05, 4.69) is 10.9 Å². The normalized spacial score (nSPS) is 10.3. The van der Waals surface area contributed by atoms with Gasteiger partial charge in [0.05, 0.1) is 10.6 Å². The van der Waals surface area contributed by atoms with E-state index in [0.29, 0.717) is 0 Å². The van der Waals surface area contributed by atoms with Gasteiger partial charge in [-0.25, -0.2) is 0 Å². The molecule has 0 amide bonds. The Morgan fingerprint density at radius 1 is 1.11 bits per heavy atom. The van der Waals surface area contributed by atoms with E-state index in [0.717, 1.165) is 16.8 Å². The Hall–Kier alpha value is -2.93. The van der Waals surface area contributed by atoms with Crippen LogP contribution in [0.1, 0.15) is 11.1 Å². The molecule has 0 N–H and O–H groups in total. The van der Waals surface area contributed by atoms with Gasteiger partial charge in [0, 0.05) is 23.9 Å². The zero-order chi connectivity index (χ0) is 13.7. The smallest absolute Gasteiger partial charge is 0.258 e. The van der Waals surface area contributed by atoms with Crippen molar-refractivity contribution in [1.82, 2.24) is 0 Å². The van der Waals surface area contributed by atoms with Gasteiger partial charge in [-0.3, -0.25) is 15.1 Å². The zero-order valence-corrected chi connectivity index (χ0v) is 9.98. The van der Waals surface area contributed by atoms with Gasteiger partial charge < -0.3 is 0 Å². The molecule has 0 spiro atoms. The van der Waals surface area contributed by atoms with E-state index in [-0.39, 0.29) is 5.69 Å². The predicted molar refractivity (Wildman–Crippen MR) is 74.7 cm³/mol. The van der Waals surface area contributed by atoms with Crippen molar-refractivity contribution in [2.45, 2.75) is 0 Å². The number of nitrogens with zero attached hydrogens (tertiary/aromatic N) is 2. The molecule has 0 aliphatic carbocycles. The summed E-state index contributed by atoms with van der Waals surface area (Å²) in [6, 6.07) is 13.4. The molecule has 0 saturated heterocycles. The monoisotopic (exact) mass is 250 g/mol. The van der Waals surface area contributed by atoms with Gasteiger partial charge in [0.15, 0.2) is 0 Å². The average molecular weight is 250 g/mol. The summed E-state index contributed by atoms with van der Waals surface area (Å²) in [5, 5.41) is 10.5. The number of benzene rings is 2. The van der Waals surface area contributed by atoms with Crippen LogP contribution in [0.4, 0.5) is 11.4 Å². The second kappa shape index (κ2) is 5.61. The maximum absolute atomic E-state index is 10.5. The largest absolute Gasteiger partial charge is 0.269 e. The van der Waals surface area contributed by atoms with Gasteiger partial charge in [-0.2, -0.15) is 0 Å². The van der Waals surface area contributed by atoms with Crippen LogP contribution < -0.4 is 0 Å². The van der Waals surface area contributed by atoms with Crippen molar-refractivity contribution in [3.05, 3.63) is 69.8 Å². The number of terminal acetylenes is 1. The molecular formula is C15H10N2O2. The lowest BCUT2D eigenvalue weighted by Crippen LogP contribution is -1.88. The predicted octanol–water partition coefficient (Wildman–Crippen LogP) is 3.33.